The molecule has 9 heteroatoms. The molecule has 0 radical (unpaired) electrons. The second kappa shape index (κ2) is 13.2. The predicted octanol–water partition coefficient (Wildman–Crippen LogP) is 7.92. The van der Waals surface area contributed by atoms with Crippen molar-refractivity contribution in [3.63, 3.8) is 0 Å². The molecular formula is C36H45N3O5Si. The van der Waals surface area contributed by atoms with Crippen LogP contribution in [0.25, 0.3) is 32.8 Å². The molecule has 238 valence electrons. The van der Waals surface area contributed by atoms with Gasteiger partial charge in [-0.1, -0.05) is 75.4 Å². The third kappa shape index (κ3) is 6.57. The minimum atomic E-state index is -2.06. The molecule has 5 rings (SSSR count). The molecule has 0 bridgehead atoms. The number of ether oxygens (including phenoxy) is 2. The lowest BCUT2D eigenvalue weighted by molar-refractivity contribution is 0.0519. The van der Waals surface area contributed by atoms with Crippen LogP contribution in [-0.2, 0) is 35.8 Å². The number of para-hydroxylation sites is 1. The molecule has 45 heavy (non-hydrogen) atoms. The van der Waals surface area contributed by atoms with E-state index >= 15 is 0 Å². The molecule has 0 saturated heterocycles. The highest BCUT2D eigenvalue weighted by atomic mass is 28.4. The van der Waals surface area contributed by atoms with Crippen molar-refractivity contribution < 1.29 is 23.8 Å². The third-order valence-corrected chi connectivity index (χ3v) is 13.5. The topological polar surface area (TPSA) is 98.6 Å². The number of nitrogens with one attached hydrogen (secondary N) is 1. The Labute approximate surface area is 266 Å². The van der Waals surface area contributed by atoms with Gasteiger partial charge >= 0.3 is 5.97 Å². The average Bonchev–Trinajstić information content (AvgIpc) is 3.54. The highest BCUT2D eigenvalue weighted by molar-refractivity contribution is 6.74. The van der Waals surface area contributed by atoms with Crippen LogP contribution in [0.4, 0.5) is 0 Å². The molecule has 0 aliphatic rings. The Morgan fingerprint density at radius 3 is 2.47 bits per heavy atom. The van der Waals surface area contributed by atoms with Gasteiger partial charge in [-0.2, -0.15) is 5.10 Å². The summed E-state index contributed by atoms with van der Waals surface area (Å²) in [5, 5.41) is 18.4. The van der Waals surface area contributed by atoms with Crippen molar-refractivity contribution in [1.29, 1.82) is 0 Å². The first-order valence-corrected chi connectivity index (χ1v) is 18.6. The van der Waals surface area contributed by atoms with Crippen LogP contribution in [0.2, 0.25) is 18.1 Å². The van der Waals surface area contributed by atoms with Crippen molar-refractivity contribution in [2.45, 2.75) is 71.9 Å². The minimum absolute atomic E-state index is 0.0436. The zero-order valence-corrected chi connectivity index (χ0v) is 28.5. The summed E-state index contributed by atoms with van der Waals surface area (Å²) in [6.45, 7) is 13.8. The molecule has 0 saturated carbocycles. The summed E-state index contributed by atoms with van der Waals surface area (Å²) in [6.07, 6.45) is 1.32. The zero-order chi connectivity index (χ0) is 32.4. The number of carbonyl (C=O) groups excluding carboxylic acids is 1. The van der Waals surface area contributed by atoms with Crippen molar-refractivity contribution in [3.05, 3.63) is 83.3 Å². The van der Waals surface area contributed by atoms with Crippen LogP contribution in [0, 0.1) is 0 Å². The number of esters is 1. The molecular weight excluding hydrogens is 582 g/mol. The van der Waals surface area contributed by atoms with E-state index in [1.54, 1.807) is 4.68 Å². The molecule has 0 aliphatic heterocycles. The standard InChI is InChI=1S/C36H45N3O5Si/c1-8-42-35(41)34-27(19-13-21-43-31-20-11-15-24-14-9-10-16-25(24)31)26-17-12-18-28(33(26)37-34)32-29(38-39(5)30(32)22-40)23-44-45(6,7)36(2,3)4/h9-12,14-18,20,37,40H,8,13,19,21-23H2,1-7H3. The fourth-order valence-corrected chi connectivity index (χ4v) is 6.48. The molecule has 0 amide bonds. The average molecular weight is 628 g/mol. The predicted molar refractivity (Wildman–Crippen MR) is 182 cm³/mol. The second-order valence-corrected chi connectivity index (χ2v) is 17.8. The van der Waals surface area contributed by atoms with Gasteiger partial charge in [0.2, 0.25) is 0 Å². The van der Waals surface area contributed by atoms with Crippen LogP contribution >= 0.6 is 0 Å². The van der Waals surface area contributed by atoms with Gasteiger partial charge in [0.05, 0.1) is 43.3 Å². The van der Waals surface area contributed by atoms with Gasteiger partial charge in [0.1, 0.15) is 11.4 Å². The van der Waals surface area contributed by atoms with E-state index in [1.165, 1.54) is 0 Å². The fraction of sp³-hybridized carbons (Fsp3) is 0.389. The van der Waals surface area contributed by atoms with Gasteiger partial charge < -0.3 is 24.0 Å². The van der Waals surface area contributed by atoms with E-state index in [1.807, 2.05) is 56.4 Å². The van der Waals surface area contributed by atoms with E-state index < -0.39 is 8.32 Å². The van der Waals surface area contributed by atoms with Crippen LogP contribution in [0.1, 0.15) is 61.6 Å². The van der Waals surface area contributed by atoms with E-state index in [0.717, 1.165) is 49.8 Å². The molecule has 8 nitrogen and oxygen atoms in total. The van der Waals surface area contributed by atoms with Gasteiger partial charge in [-0.25, -0.2) is 4.79 Å². The summed E-state index contributed by atoms with van der Waals surface area (Å²) in [7, 11) is -0.225. The quantitative estimate of drug-likeness (QED) is 0.0828. The van der Waals surface area contributed by atoms with Gasteiger partial charge in [-0.3, -0.25) is 4.68 Å². The molecule has 2 aromatic heterocycles. The first-order valence-electron chi connectivity index (χ1n) is 15.7. The summed E-state index contributed by atoms with van der Waals surface area (Å²) < 4.78 is 20.0. The number of hydrogen-bond donors (Lipinski definition) is 2. The Bertz CT molecular complexity index is 1810. The van der Waals surface area contributed by atoms with Crippen molar-refractivity contribution in [2.75, 3.05) is 13.2 Å². The summed E-state index contributed by atoms with van der Waals surface area (Å²) in [6, 6.07) is 20.3. The number of aryl methyl sites for hydroxylation is 2. The largest absolute Gasteiger partial charge is 0.493 e. The monoisotopic (exact) mass is 627 g/mol. The van der Waals surface area contributed by atoms with Gasteiger partial charge in [0.25, 0.3) is 0 Å². The van der Waals surface area contributed by atoms with E-state index in [4.69, 9.17) is 19.0 Å². The molecule has 2 heterocycles. The number of aromatic amines is 1. The van der Waals surface area contributed by atoms with E-state index in [9.17, 15) is 9.90 Å². The Balaban J connectivity index is 1.49. The number of hydrogen-bond acceptors (Lipinski definition) is 6. The lowest BCUT2D eigenvalue weighted by Crippen LogP contribution is -2.40. The Morgan fingerprint density at radius 1 is 1.02 bits per heavy atom. The second-order valence-electron chi connectivity index (χ2n) is 13.0. The first kappa shape index (κ1) is 32.5. The maximum atomic E-state index is 13.2. The summed E-state index contributed by atoms with van der Waals surface area (Å²) in [5.74, 6) is 0.458. The number of fused-ring (bicyclic) bond motifs is 2. The van der Waals surface area contributed by atoms with Crippen LogP contribution < -0.4 is 4.74 Å². The number of nitrogens with zero attached hydrogens (tertiary/aromatic N) is 2. The Kier molecular flexibility index (Phi) is 9.53. The lowest BCUT2D eigenvalue weighted by atomic mass is 9.98. The summed E-state index contributed by atoms with van der Waals surface area (Å²) in [5.41, 5.74) is 5.28. The number of rotatable bonds is 12. The highest BCUT2D eigenvalue weighted by Crippen LogP contribution is 2.40. The molecule has 0 spiro atoms. The molecule has 5 aromatic rings. The van der Waals surface area contributed by atoms with Crippen LogP contribution in [0.5, 0.6) is 5.75 Å². The molecule has 0 atom stereocenters. The number of H-pyrrole nitrogens is 1. The maximum absolute atomic E-state index is 13.2. The number of aliphatic hydroxyl groups is 1. The molecule has 2 N–H and O–H groups in total. The van der Waals surface area contributed by atoms with Gasteiger partial charge in [0.15, 0.2) is 8.32 Å². The molecule has 0 unspecified atom stereocenters. The van der Waals surface area contributed by atoms with Crippen molar-refractivity contribution in [1.82, 2.24) is 14.8 Å². The van der Waals surface area contributed by atoms with E-state index in [-0.39, 0.29) is 24.2 Å². The summed E-state index contributed by atoms with van der Waals surface area (Å²) in [4.78, 5) is 16.6. The molecule has 0 fully saturated rings. The third-order valence-electron chi connectivity index (χ3n) is 9.03. The lowest BCUT2D eigenvalue weighted by Gasteiger charge is -2.36. The Morgan fingerprint density at radius 2 is 1.73 bits per heavy atom. The Hall–Kier alpha value is -3.92. The van der Waals surface area contributed by atoms with E-state index in [0.29, 0.717) is 37.4 Å². The van der Waals surface area contributed by atoms with Gasteiger partial charge in [0, 0.05) is 28.9 Å². The molecule has 0 aliphatic carbocycles. The SMILES string of the molecule is CCOC(=O)c1[nH]c2c(-c3c(CO[Si](C)(C)C(C)(C)C)nn(C)c3CO)cccc2c1CCCOc1cccc2ccccc12. The van der Waals surface area contributed by atoms with Crippen molar-refractivity contribution in [2.24, 2.45) is 7.05 Å². The normalized spacial score (nSPS) is 12.3. The fourth-order valence-electron chi connectivity index (χ4n) is 5.55. The van der Waals surface area contributed by atoms with Gasteiger partial charge in [-0.15, -0.1) is 0 Å². The number of benzene rings is 3. The van der Waals surface area contributed by atoms with Crippen LogP contribution in [-0.4, -0.2) is 47.4 Å². The van der Waals surface area contributed by atoms with Crippen LogP contribution in [0.3, 0.4) is 0 Å². The minimum Gasteiger partial charge on any atom is -0.493 e. The number of aromatic nitrogens is 3. The van der Waals surface area contributed by atoms with E-state index in [2.05, 4.69) is 57.0 Å². The summed E-state index contributed by atoms with van der Waals surface area (Å²) >= 11 is 0. The number of carbonyl (C=O) groups is 1. The van der Waals surface area contributed by atoms with Crippen LogP contribution in [0.15, 0.2) is 60.7 Å². The highest BCUT2D eigenvalue weighted by Gasteiger charge is 2.37. The van der Waals surface area contributed by atoms with Crippen molar-refractivity contribution >= 4 is 36.0 Å². The zero-order valence-electron chi connectivity index (χ0n) is 27.5. The maximum Gasteiger partial charge on any atom is 0.355 e. The van der Waals surface area contributed by atoms with Crippen molar-refractivity contribution in [3.8, 4) is 16.9 Å². The van der Waals surface area contributed by atoms with Gasteiger partial charge in [-0.05, 0) is 54.9 Å². The molecule has 3 aromatic carbocycles. The smallest absolute Gasteiger partial charge is 0.355 e. The first-order chi connectivity index (χ1) is 21.5. The number of aliphatic hydroxyl groups excluding tert-OH is 1.